The largest absolute Gasteiger partial charge is 0.596 e. The number of hydrogen-bond donors (Lipinski definition) is 3. The molecular weight excluding hydrogens is 370 g/mol. The molecule has 11 heteroatoms. The third-order valence-corrected chi connectivity index (χ3v) is 5.66. The van der Waals surface area contributed by atoms with Gasteiger partial charge in [0.2, 0.25) is 0 Å². The van der Waals surface area contributed by atoms with Crippen LogP contribution in [0, 0.1) is 0 Å². The molecule has 0 amide bonds. The lowest BCUT2D eigenvalue weighted by Crippen LogP contribution is -2.31. The summed E-state index contributed by atoms with van der Waals surface area (Å²) in [6.45, 7) is -0.253. The molecule has 2 unspecified atom stereocenters. The Morgan fingerprint density at radius 1 is 0.920 bits per heavy atom. The third-order valence-electron chi connectivity index (χ3n) is 2.62. The first-order chi connectivity index (χ1) is 11.8. The molecule has 0 bridgehead atoms. The second kappa shape index (κ2) is 8.60. The molecule has 136 valence electrons. The molecule has 2 atom stereocenters. The van der Waals surface area contributed by atoms with Crippen LogP contribution in [0.5, 0.6) is 11.5 Å². The monoisotopic (exact) mass is 388 g/mol. The predicted octanol–water partition coefficient (Wildman–Crippen LogP) is 2.63. The Balaban J connectivity index is 2.25. The van der Waals surface area contributed by atoms with Crippen LogP contribution >= 0.6 is 15.6 Å². The van der Waals surface area contributed by atoms with E-state index in [1.165, 1.54) is 24.3 Å². The van der Waals surface area contributed by atoms with Crippen molar-refractivity contribution in [1.29, 1.82) is 0 Å². The highest BCUT2D eigenvalue weighted by molar-refractivity contribution is 7.62. The second-order valence-electron chi connectivity index (χ2n) is 4.69. The molecule has 9 nitrogen and oxygen atoms in total. The van der Waals surface area contributed by atoms with Gasteiger partial charge in [-0.15, -0.1) is 0 Å². The minimum atomic E-state index is -4.88. The lowest BCUT2D eigenvalue weighted by Gasteiger charge is -2.22. The van der Waals surface area contributed by atoms with E-state index in [4.69, 9.17) is 20.5 Å². The SMILES string of the molecule is NCC(N)OP(=O)(O)OP(=O)(Oc1ccccc1)Oc1ccccc1. The molecule has 0 aliphatic heterocycles. The maximum atomic E-state index is 12.9. The van der Waals surface area contributed by atoms with E-state index >= 15 is 0 Å². The molecule has 0 heterocycles. The number of nitrogens with two attached hydrogens (primary N) is 2. The Morgan fingerprint density at radius 2 is 1.36 bits per heavy atom. The van der Waals surface area contributed by atoms with Crippen molar-refractivity contribution in [3.63, 3.8) is 0 Å². The Bertz CT molecular complexity index is 715. The summed E-state index contributed by atoms with van der Waals surface area (Å²) < 4.78 is 44.5. The van der Waals surface area contributed by atoms with Gasteiger partial charge in [0.1, 0.15) is 17.7 Å². The fourth-order valence-electron chi connectivity index (χ4n) is 1.63. The fourth-order valence-corrected chi connectivity index (χ4v) is 4.29. The van der Waals surface area contributed by atoms with Crippen molar-refractivity contribution in [3.05, 3.63) is 60.7 Å². The molecule has 0 aromatic heterocycles. The van der Waals surface area contributed by atoms with E-state index < -0.39 is 21.9 Å². The molecule has 0 aliphatic rings. The number of phosphoric ester groups is 2. The van der Waals surface area contributed by atoms with E-state index in [0.29, 0.717) is 0 Å². The molecular formula is C14H18N2O7P2. The van der Waals surface area contributed by atoms with Gasteiger partial charge < -0.3 is 25.4 Å². The Kier molecular flexibility index (Phi) is 6.75. The van der Waals surface area contributed by atoms with Gasteiger partial charge >= 0.3 is 15.6 Å². The molecule has 0 fully saturated rings. The van der Waals surface area contributed by atoms with Gasteiger partial charge in [-0.25, -0.2) is 9.13 Å². The van der Waals surface area contributed by atoms with Gasteiger partial charge in [0.15, 0.2) is 0 Å². The number of para-hydroxylation sites is 2. The maximum Gasteiger partial charge on any atom is 0.596 e. The number of hydrogen-bond acceptors (Lipinski definition) is 8. The van der Waals surface area contributed by atoms with Gasteiger partial charge in [-0.3, -0.25) is 4.52 Å². The first kappa shape index (κ1) is 19.6. The molecule has 0 radical (unpaired) electrons. The highest BCUT2D eigenvalue weighted by Crippen LogP contribution is 2.62. The quantitative estimate of drug-likeness (QED) is 0.436. The summed E-state index contributed by atoms with van der Waals surface area (Å²) in [4.78, 5) is 9.75. The summed E-state index contributed by atoms with van der Waals surface area (Å²) in [5.74, 6) is 0.203. The van der Waals surface area contributed by atoms with Crippen molar-refractivity contribution in [2.75, 3.05) is 6.54 Å². The van der Waals surface area contributed by atoms with Crippen LogP contribution in [0.15, 0.2) is 60.7 Å². The summed E-state index contributed by atoms with van der Waals surface area (Å²) >= 11 is 0. The van der Waals surface area contributed by atoms with Gasteiger partial charge in [-0.1, -0.05) is 36.4 Å². The van der Waals surface area contributed by atoms with Crippen molar-refractivity contribution in [1.82, 2.24) is 0 Å². The first-order valence-electron chi connectivity index (χ1n) is 7.09. The predicted molar refractivity (Wildman–Crippen MR) is 90.8 cm³/mol. The molecule has 25 heavy (non-hydrogen) atoms. The van der Waals surface area contributed by atoms with Gasteiger partial charge in [0.05, 0.1) is 0 Å². The van der Waals surface area contributed by atoms with E-state index in [1.54, 1.807) is 36.4 Å². The Morgan fingerprint density at radius 3 is 1.76 bits per heavy atom. The summed E-state index contributed by atoms with van der Waals surface area (Å²) in [6, 6.07) is 15.7. The van der Waals surface area contributed by atoms with E-state index in [1.807, 2.05) is 0 Å². The van der Waals surface area contributed by atoms with Crippen LogP contribution in [0.25, 0.3) is 0 Å². The molecule has 2 rings (SSSR count). The zero-order chi connectivity index (χ0) is 18.3. The maximum absolute atomic E-state index is 12.9. The highest BCUT2D eigenvalue weighted by Gasteiger charge is 2.42. The molecule has 0 saturated heterocycles. The smallest absolute Gasteiger partial charge is 0.395 e. The van der Waals surface area contributed by atoms with Crippen LogP contribution in [0.4, 0.5) is 0 Å². The molecule has 2 aromatic carbocycles. The van der Waals surface area contributed by atoms with Crippen molar-refractivity contribution in [2.24, 2.45) is 11.5 Å². The second-order valence-corrected chi connectivity index (χ2v) is 7.75. The van der Waals surface area contributed by atoms with E-state index in [9.17, 15) is 14.0 Å². The average Bonchev–Trinajstić information content (AvgIpc) is 2.55. The average molecular weight is 388 g/mol. The van der Waals surface area contributed by atoms with Crippen molar-refractivity contribution >= 4 is 15.6 Å². The van der Waals surface area contributed by atoms with Crippen molar-refractivity contribution in [2.45, 2.75) is 6.23 Å². The van der Waals surface area contributed by atoms with E-state index in [-0.39, 0.29) is 18.0 Å². The van der Waals surface area contributed by atoms with Gasteiger partial charge in [-0.05, 0) is 24.3 Å². The van der Waals surface area contributed by atoms with Crippen LogP contribution in [0.1, 0.15) is 0 Å². The highest BCUT2D eigenvalue weighted by atomic mass is 31.3. The number of phosphoric acid groups is 2. The lowest BCUT2D eigenvalue weighted by atomic mass is 10.3. The van der Waals surface area contributed by atoms with Crippen LogP contribution in [-0.2, 0) is 18.0 Å². The lowest BCUT2D eigenvalue weighted by molar-refractivity contribution is 0.137. The van der Waals surface area contributed by atoms with E-state index in [0.717, 1.165) is 0 Å². The molecule has 2 aromatic rings. The van der Waals surface area contributed by atoms with Crippen molar-refractivity contribution < 1.29 is 31.9 Å². The Labute approximate surface area is 144 Å². The molecule has 5 N–H and O–H groups in total. The van der Waals surface area contributed by atoms with Gasteiger partial charge in [-0.2, -0.15) is 4.31 Å². The summed E-state index contributed by atoms with van der Waals surface area (Å²) in [6.07, 6.45) is -1.29. The van der Waals surface area contributed by atoms with Crippen LogP contribution in [0.3, 0.4) is 0 Å². The minimum Gasteiger partial charge on any atom is -0.395 e. The topological polar surface area (TPSA) is 143 Å². The molecule has 0 saturated carbocycles. The van der Waals surface area contributed by atoms with E-state index in [2.05, 4.69) is 8.83 Å². The summed E-state index contributed by atoms with van der Waals surface area (Å²) in [5.41, 5.74) is 10.6. The summed E-state index contributed by atoms with van der Waals surface area (Å²) in [5, 5.41) is 0. The number of benzene rings is 2. The first-order valence-corrected chi connectivity index (χ1v) is 10.0. The van der Waals surface area contributed by atoms with Gasteiger partial charge in [0, 0.05) is 6.54 Å². The van der Waals surface area contributed by atoms with Crippen LogP contribution in [-0.4, -0.2) is 17.7 Å². The molecule has 0 spiro atoms. The zero-order valence-electron chi connectivity index (χ0n) is 13.0. The number of rotatable bonds is 9. The minimum absolute atomic E-state index is 0.102. The zero-order valence-corrected chi connectivity index (χ0v) is 14.8. The standard InChI is InChI=1S/C14H18N2O7P2/c15-11-14(16)22-24(17,18)23-25(19,20-12-7-3-1-4-8-12)21-13-9-5-2-6-10-13/h1-10,14H,11,15-16H2,(H,17,18). The Hall–Kier alpha value is -1.70. The normalized spacial score (nSPS) is 15.2. The third kappa shape index (κ3) is 6.61. The van der Waals surface area contributed by atoms with Gasteiger partial charge in [0.25, 0.3) is 0 Å². The van der Waals surface area contributed by atoms with Crippen LogP contribution in [0.2, 0.25) is 0 Å². The molecule has 0 aliphatic carbocycles. The fraction of sp³-hybridized carbons (Fsp3) is 0.143. The van der Waals surface area contributed by atoms with Crippen molar-refractivity contribution in [3.8, 4) is 11.5 Å². The van der Waals surface area contributed by atoms with Crippen LogP contribution < -0.4 is 20.5 Å². The summed E-state index contributed by atoms with van der Waals surface area (Å²) in [7, 11) is -9.46.